The molecule has 0 spiro atoms. The summed E-state index contributed by atoms with van der Waals surface area (Å²) < 4.78 is 6.75. The third-order valence-electron chi connectivity index (χ3n) is 3.73. The molecule has 7 heteroatoms. The zero-order valence-corrected chi connectivity index (χ0v) is 12.4. The van der Waals surface area contributed by atoms with Gasteiger partial charge in [-0.15, -0.1) is 6.58 Å². The number of fused-ring (bicyclic) bond motifs is 1. The molecule has 7 nitrogen and oxygen atoms in total. The Hall–Kier alpha value is -2.41. The van der Waals surface area contributed by atoms with Crippen molar-refractivity contribution in [3.63, 3.8) is 0 Å². The number of aryl methyl sites for hydroxylation is 1. The molecule has 1 aliphatic rings. The highest BCUT2D eigenvalue weighted by atomic mass is 16.5. The molecular formula is C15H18N4O3. The Morgan fingerprint density at radius 1 is 1.41 bits per heavy atom. The lowest BCUT2D eigenvalue weighted by atomic mass is 10.2. The predicted octanol–water partition coefficient (Wildman–Crippen LogP) is 0.669. The van der Waals surface area contributed by atoms with Crippen molar-refractivity contribution in [2.45, 2.75) is 13.3 Å². The minimum Gasteiger partial charge on any atom is -0.493 e. The first-order chi connectivity index (χ1) is 10.6. The van der Waals surface area contributed by atoms with Gasteiger partial charge in [0, 0.05) is 31.3 Å². The molecule has 1 fully saturated rings. The van der Waals surface area contributed by atoms with Gasteiger partial charge in [-0.25, -0.2) is 4.40 Å². The number of morpholine rings is 1. The number of allylic oxidation sites excluding steroid dienone is 1. The SMILES string of the molecule is C=CCc1c(O)nc2nc(N3CCOCC3)cc(C)n2c1=O. The third-order valence-corrected chi connectivity index (χ3v) is 3.73. The van der Waals surface area contributed by atoms with Gasteiger partial charge in [-0.05, 0) is 6.92 Å². The first kappa shape index (κ1) is 14.5. The highest BCUT2D eigenvalue weighted by molar-refractivity contribution is 5.49. The molecule has 0 atom stereocenters. The first-order valence-corrected chi connectivity index (χ1v) is 7.17. The second kappa shape index (κ2) is 5.76. The lowest BCUT2D eigenvalue weighted by Crippen LogP contribution is -2.37. The fraction of sp³-hybridized carbons (Fsp3) is 0.400. The smallest absolute Gasteiger partial charge is 0.266 e. The minimum absolute atomic E-state index is 0.205. The van der Waals surface area contributed by atoms with E-state index in [1.165, 1.54) is 4.40 Å². The molecule has 0 unspecified atom stereocenters. The maximum atomic E-state index is 12.5. The Balaban J connectivity index is 2.16. The number of aromatic hydroxyl groups is 1. The maximum absolute atomic E-state index is 12.5. The summed E-state index contributed by atoms with van der Waals surface area (Å²) in [5, 5.41) is 9.97. The Morgan fingerprint density at radius 2 is 2.14 bits per heavy atom. The molecule has 3 rings (SSSR count). The van der Waals surface area contributed by atoms with Gasteiger partial charge in [0.15, 0.2) is 0 Å². The topological polar surface area (TPSA) is 80.0 Å². The van der Waals surface area contributed by atoms with Crippen molar-refractivity contribution < 1.29 is 9.84 Å². The molecule has 2 aromatic rings. The number of anilines is 1. The molecular weight excluding hydrogens is 284 g/mol. The number of rotatable bonds is 3. The average molecular weight is 302 g/mol. The molecule has 22 heavy (non-hydrogen) atoms. The van der Waals surface area contributed by atoms with Crippen LogP contribution in [0.15, 0.2) is 23.5 Å². The van der Waals surface area contributed by atoms with Crippen LogP contribution in [0.1, 0.15) is 11.3 Å². The minimum atomic E-state index is -0.305. The lowest BCUT2D eigenvalue weighted by Gasteiger charge is -2.28. The predicted molar refractivity (Wildman–Crippen MR) is 82.6 cm³/mol. The van der Waals surface area contributed by atoms with Crippen LogP contribution >= 0.6 is 0 Å². The summed E-state index contributed by atoms with van der Waals surface area (Å²) in [6.07, 6.45) is 1.83. The largest absolute Gasteiger partial charge is 0.493 e. The van der Waals surface area contributed by atoms with E-state index in [1.54, 1.807) is 6.08 Å². The number of ether oxygens (including phenoxy) is 1. The second-order valence-corrected chi connectivity index (χ2v) is 5.20. The highest BCUT2D eigenvalue weighted by Gasteiger charge is 2.17. The first-order valence-electron chi connectivity index (χ1n) is 7.17. The van der Waals surface area contributed by atoms with Crippen molar-refractivity contribution in [1.29, 1.82) is 0 Å². The molecule has 0 saturated carbocycles. The van der Waals surface area contributed by atoms with E-state index in [0.29, 0.717) is 13.2 Å². The van der Waals surface area contributed by atoms with Gasteiger partial charge in [-0.3, -0.25) is 4.79 Å². The van der Waals surface area contributed by atoms with Crippen LogP contribution in [0, 0.1) is 6.92 Å². The second-order valence-electron chi connectivity index (χ2n) is 5.20. The molecule has 1 saturated heterocycles. The average Bonchev–Trinajstić information content (AvgIpc) is 2.51. The van der Waals surface area contributed by atoms with Gasteiger partial charge < -0.3 is 14.7 Å². The summed E-state index contributed by atoms with van der Waals surface area (Å²) in [4.78, 5) is 23.1. The van der Waals surface area contributed by atoms with Gasteiger partial charge in [0.05, 0.1) is 18.8 Å². The molecule has 3 heterocycles. The van der Waals surface area contributed by atoms with E-state index >= 15 is 0 Å². The molecule has 0 aromatic carbocycles. The van der Waals surface area contributed by atoms with E-state index in [9.17, 15) is 9.90 Å². The number of nitrogens with zero attached hydrogens (tertiary/aromatic N) is 4. The van der Waals surface area contributed by atoms with E-state index in [-0.39, 0.29) is 29.2 Å². The summed E-state index contributed by atoms with van der Waals surface area (Å²) in [6, 6.07) is 1.86. The van der Waals surface area contributed by atoms with Crippen molar-refractivity contribution >= 4 is 11.6 Å². The Bertz CT molecular complexity index is 778. The normalized spacial score (nSPS) is 15.2. The van der Waals surface area contributed by atoms with Crippen LogP contribution in [0.25, 0.3) is 5.78 Å². The van der Waals surface area contributed by atoms with Crippen LogP contribution in [-0.4, -0.2) is 45.8 Å². The fourth-order valence-corrected chi connectivity index (χ4v) is 2.59. The Morgan fingerprint density at radius 3 is 2.82 bits per heavy atom. The van der Waals surface area contributed by atoms with Gasteiger partial charge in [0.25, 0.3) is 5.56 Å². The molecule has 0 amide bonds. The Kier molecular flexibility index (Phi) is 3.81. The summed E-state index contributed by atoms with van der Waals surface area (Å²) in [7, 11) is 0. The zero-order chi connectivity index (χ0) is 15.7. The van der Waals surface area contributed by atoms with Gasteiger partial charge in [0.1, 0.15) is 5.82 Å². The van der Waals surface area contributed by atoms with Crippen molar-refractivity contribution in [2.75, 3.05) is 31.2 Å². The molecule has 1 aliphatic heterocycles. The van der Waals surface area contributed by atoms with Crippen molar-refractivity contribution in [3.05, 3.63) is 40.3 Å². The van der Waals surface area contributed by atoms with Crippen LogP contribution < -0.4 is 10.5 Å². The fourth-order valence-electron chi connectivity index (χ4n) is 2.59. The summed E-state index contributed by atoms with van der Waals surface area (Å²) in [5.74, 6) is 0.663. The van der Waals surface area contributed by atoms with Crippen molar-refractivity contribution in [3.8, 4) is 5.88 Å². The molecule has 0 aliphatic carbocycles. The highest BCUT2D eigenvalue weighted by Crippen LogP contribution is 2.18. The summed E-state index contributed by atoms with van der Waals surface area (Å²) >= 11 is 0. The van der Waals surface area contributed by atoms with E-state index in [1.807, 2.05) is 13.0 Å². The van der Waals surface area contributed by atoms with Crippen molar-refractivity contribution in [1.82, 2.24) is 14.4 Å². The van der Waals surface area contributed by atoms with Crippen LogP contribution in [0.5, 0.6) is 5.88 Å². The van der Waals surface area contributed by atoms with E-state index in [2.05, 4.69) is 21.4 Å². The maximum Gasteiger partial charge on any atom is 0.266 e. The van der Waals surface area contributed by atoms with Crippen molar-refractivity contribution in [2.24, 2.45) is 0 Å². The van der Waals surface area contributed by atoms with Gasteiger partial charge >= 0.3 is 0 Å². The van der Waals surface area contributed by atoms with Gasteiger partial charge in [0.2, 0.25) is 11.7 Å². The molecule has 116 valence electrons. The molecule has 0 radical (unpaired) electrons. The van der Waals surface area contributed by atoms with Crippen LogP contribution in [0.4, 0.5) is 5.82 Å². The van der Waals surface area contributed by atoms with E-state index < -0.39 is 0 Å². The Labute approximate surface area is 127 Å². The summed E-state index contributed by atoms with van der Waals surface area (Å²) in [6.45, 7) is 8.21. The lowest BCUT2D eigenvalue weighted by molar-refractivity contribution is 0.122. The zero-order valence-electron chi connectivity index (χ0n) is 12.4. The number of hydrogen-bond donors (Lipinski definition) is 1. The van der Waals surface area contributed by atoms with Crippen LogP contribution in [-0.2, 0) is 11.2 Å². The van der Waals surface area contributed by atoms with E-state index in [0.717, 1.165) is 24.6 Å². The monoisotopic (exact) mass is 302 g/mol. The molecule has 0 bridgehead atoms. The third kappa shape index (κ3) is 2.43. The summed E-state index contributed by atoms with van der Waals surface area (Å²) in [5.41, 5.74) is 0.659. The van der Waals surface area contributed by atoms with Gasteiger partial charge in [-0.2, -0.15) is 9.97 Å². The standard InChI is InChI=1S/C15H18N4O3/c1-3-4-11-13(20)17-15-16-12(18-5-7-22-8-6-18)9-10(2)19(15)14(11)21/h3,9,20H,1,4-8H2,2H3. The quantitative estimate of drug-likeness (QED) is 0.839. The van der Waals surface area contributed by atoms with E-state index in [4.69, 9.17) is 4.74 Å². The van der Waals surface area contributed by atoms with Crippen LogP contribution in [0.2, 0.25) is 0 Å². The number of aromatic nitrogens is 3. The van der Waals surface area contributed by atoms with Crippen LogP contribution in [0.3, 0.4) is 0 Å². The van der Waals surface area contributed by atoms with Gasteiger partial charge in [-0.1, -0.05) is 6.08 Å². The number of hydrogen-bond acceptors (Lipinski definition) is 6. The molecule has 2 aromatic heterocycles. The molecule has 1 N–H and O–H groups in total.